The lowest BCUT2D eigenvalue weighted by Gasteiger charge is -2.14. The number of rotatable bonds is 4. The molecule has 0 spiro atoms. The summed E-state index contributed by atoms with van der Waals surface area (Å²) in [6.07, 6.45) is 1.68. The Labute approximate surface area is 183 Å². The van der Waals surface area contributed by atoms with E-state index in [1.807, 2.05) is 24.3 Å². The fraction of sp³-hybridized carbons (Fsp3) is 0.0870. The number of aromatic carboxylic acids is 1. The quantitative estimate of drug-likeness (QED) is 0.421. The number of thioether (sulfide) groups is 1. The van der Waals surface area contributed by atoms with Gasteiger partial charge in [-0.2, -0.15) is 0 Å². The third kappa shape index (κ3) is 3.81. The molecule has 0 aliphatic carbocycles. The minimum absolute atomic E-state index is 0.147. The van der Waals surface area contributed by atoms with Gasteiger partial charge in [-0.3, -0.25) is 9.69 Å². The van der Waals surface area contributed by atoms with E-state index in [0.717, 1.165) is 11.3 Å². The highest BCUT2D eigenvalue weighted by atomic mass is 32.2. The second-order valence-corrected chi connectivity index (χ2v) is 8.55. The van der Waals surface area contributed by atoms with Crippen molar-refractivity contribution in [2.75, 3.05) is 4.90 Å². The SMILES string of the molecule is Cc1ccc(-c2ccc(C=C3SC(=S)N(c4ccc(C(=O)O)cc4)C3=O)o2)cc1C. The van der Waals surface area contributed by atoms with Crippen LogP contribution in [-0.4, -0.2) is 21.3 Å². The van der Waals surface area contributed by atoms with Crippen LogP contribution in [0.3, 0.4) is 0 Å². The molecule has 30 heavy (non-hydrogen) atoms. The smallest absolute Gasteiger partial charge is 0.335 e. The van der Waals surface area contributed by atoms with Crippen LogP contribution in [0.25, 0.3) is 17.4 Å². The molecule has 1 aliphatic rings. The topological polar surface area (TPSA) is 70.8 Å². The van der Waals surface area contributed by atoms with Crippen LogP contribution in [0.1, 0.15) is 27.2 Å². The van der Waals surface area contributed by atoms with Crippen molar-refractivity contribution in [3.05, 3.63) is 82.0 Å². The number of benzene rings is 2. The maximum atomic E-state index is 12.9. The van der Waals surface area contributed by atoms with E-state index in [-0.39, 0.29) is 11.5 Å². The van der Waals surface area contributed by atoms with Gasteiger partial charge in [-0.15, -0.1) is 0 Å². The van der Waals surface area contributed by atoms with Crippen LogP contribution >= 0.6 is 24.0 Å². The number of nitrogens with zero attached hydrogens (tertiary/aromatic N) is 1. The Morgan fingerprint density at radius 1 is 1.07 bits per heavy atom. The molecule has 0 saturated carbocycles. The Hall–Kier alpha value is -3.16. The number of hydrogen-bond donors (Lipinski definition) is 1. The Morgan fingerprint density at radius 3 is 2.47 bits per heavy atom. The predicted octanol–water partition coefficient (Wildman–Crippen LogP) is 5.67. The number of anilines is 1. The fourth-order valence-corrected chi connectivity index (χ4v) is 4.33. The van der Waals surface area contributed by atoms with Crippen molar-refractivity contribution in [3.8, 4) is 11.3 Å². The normalized spacial score (nSPS) is 15.3. The largest absolute Gasteiger partial charge is 0.478 e. The van der Waals surface area contributed by atoms with Crippen molar-refractivity contribution in [3.63, 3.8) is 0 Å². The van der Waals surface area contributed by atoms with Gasteiger partial charge in [0.15, 0.2) is 4.32 Å². The predicted molar refractivity (Wildman–Crippen MR) is 123 cm³/mol. The van der Waals surface area contributed by atoms with Crippen molar-refractivity contribution in [2.45, 2.75) is 13.8 Å². The lowest BCUT2D eigenvalue weighted by Crippen LogP contribution is -2.27. The molecule has 150 valence electrons. The van der Waals surface area contributed by atoms with Crippen LogP contribution in [0.15, 0.2) is 63.9 Å². The molecule has 5 nitrogen and oxygen atoms in total. The summed E-state index contributed by atoms with van der Waals surface area (Å²) in [5.41, 5.74) is 4.05. The third-order valence-electron chi connectivity index (χ3n) is 4.86. The van der Waals surface area contributed by atoms with E-state index in [1.165, 1.54) is 39.9 Å². The first-order valence-electron chi connectivity index (χ1n) is 9.12. The molecule has 0 atom stereocenters. The third-order valence-corrected chi connectivity index (χ3v) is 6.16. The van der Waals surface area contributed by atoms with Gasteiger partial charge in [0, 0.05) is 11.6 Å². The number of aryl methyl sites for hydroxylation is 2. The molecule has 1 aromatic heterocycles. The second-order valence-electron chi connectivity index (χ2n) is 6.87. The van der Waals surface area contributed by atoms with E-state index in [1.54, 1.807) is 18.2 Å². The van der Waals surface area contributed by atoms with Crippen molar-refractivity contribution in [2.24, 2.45) is 0 Å². The molecule has 3 aromatic rings. The summed E-state index contributed by atoms with van der Waals surface area (Å²) >= 11 is 6.55. The first kappa shape index (κ1) is 20.1. The molecule has 2 heterocycles. The summed E-state index contributed by atoms with van der Waals surface area (Å²) in [4.78, 5) is 25.8. The van der Waals surface area contributed by atoms with Gasteiger partial charge >= 0.3 is 5.97 Å². The number of hydrogen-bond acceptors (Lipinski definition) is 5. The lowest BCUT2D eigenvalue weighted by atomic mass is 10.1. The minimum Gasteiger partial charge on any atom is -0.478 e. The number of furan rings is 1. The van der Waals surface area contributed by atoms with Crippen molar-refractivity contribution in [1.29, 1.82) is 0 Å². The molecule has 1 fully saturated rings. The molecule has 1 saturated heterocycles. The molecule has 1 N–H and O–H groups in total. The van der Waals surface area contributed by atoms with Gasteiger partial charge in [-0.25, -0.2) is 4.79 Å². The van der Waals surface area contributed by atoms with Crippen molar-refractivity contribution in [1.82, 2.24) is 0 Å². The minimum atomic E-state index is -1.02. The number of thiocarbonyl (C=S) groups is 1. The zero-order chi connectivity index (χ0) is 21.4. The van der Waals surface area contributed by atoms with Gasteiger partial charge in [-0.1, -0.05) is 36.1 Å². The van der Waals surface area contributed by atoms with Crippen LogP contribution in [0, 0.1) is 13.8 Å². The number of carboxylic acids is 1. The highest BCUT2D eigenvalue weighted by Crippen LogP contribution is 2.36. The number of amides is 1. The number of carboxylic acid groups (broad SMARTS) is 1. The number of carbonyl (C=O) groups is 2. The van der Waals surface area contributed by atoms with Crippen molar-refractivity contribution < 1.29 is 19.1 Å². The Kier molecular flexibility index (Phi) is 5.32. The average Bonchev–Trinajstić information content (AvgIpc) is 3.29. The number of carbonyl (C=O) groups excluding carboxylic acids is 1. The van der Waals surface area contributed by atoms with E-state index in [0.29, 0.717) is 20.7 Å². The van der Waals surface area contributed by atoms with Crippen molar-refractivity contribution >= 4 is 51.9 Å². The van der Waals surface area contributed by atoms with Crippen LogP contribution < -0.4 is 4.90 Å². The zero-order valence-corrected chi connectivity index (χ0v) is 17.8. The summed E-state index contributed by atoms with van der Waals surface area (Å²) in [7, 11) is 0. The van der Waals surface area contributed by atoms with Crippen LogP contribution in [0.2, 0.25) is 0 Å². The average molecular weight is 436 g/mol. The van der Waals surface area contributed by atoms with E-state index in [9.17, 15) is 9.59 Å². The molecule has 0 unspecified atom stereocenters. The van der Waals surface area contributed by atoms with Gasteiger partial charge < -0.3 is 9.52 Å². The fourth-order valence-electron chi connectivity index (χ4n) is 3.05. The second kappa shape index (κ2) is 7.93. The maximum absolute atomic E-state index is 12.9. The Morgan fingerprint density at radius 2 is 1.80 bits per heavy atom. The first-order chi connectivity index (χ1) is 14.3. The summed E-state index contributed by atoms with van der Waals surface area (Å²) in [6.45, 7) is 4.11. The maximum Gasteiger partial charge on any atom is 0.335 e. The van der Waals surface area contributed by atoms with Crippen LogP contribution in [0.5, 0.6) is 0 Å². The molecule has 0 radical (unpaired) electrons. The van der Waals surface area contributed by atoms with Gasteiger partial charge in [0.1, 0.15) is 11.5 Å². The molecule has 2 aromatic carbocycles. The van der Waals surface area contributed by atoms with E-state index in [2.05, 4.69) is 19.9 Å². The van der Waals surface area contributed by atoms with E-state index in [4.69, 9.17) is 21.7 Å². The van der Waals surface area contributed by atoms with E-state index < -0.39 is 5.97 Å². The van der Waals surface area contributed by atoms with Gasteiger partial charge in [0.05, 0.1) is 16.2 Å². The standard InChI is InChI=1S/C23H17NO4S2/c1-13-3-4-16(11-14(13)2)19-10-9-18(28-19)12-20-21(25)24(23(29)30-20)17-7-5-15(6-8-17)22(26)27/h3-12H,1-2H3,(H,26,27). The summed E-state index contributed by atoms with van der Waals surface area (Å²) < 4.78 is 6.31. The zero-order valence-electron chi connectivity index (χ0n) is 16.2. The van der Waals surface area contributed by atoms with Gasteiger partial charge in [0.2, 0.25) is 0 Å². The summed E-state index contributed by atoms with van der Waals surface area (Å²) in [6, 6.07) is 15.9. The molecule has 1 aliphatic heterocycles. The molecule has 1 amide bonds. The van der Waals surface area contributed by atoms with Gasteiger partial charge in [0.25, 0.3) is 5.91 Å². The summed E-state index contributed by atoms with van der Waals surface area (Å²) in [5.74, 6) is -0.00419. The highest BCUT2D eigenvalue weighted by Gasteiger charge is 2.33. The molecular formula is C23H17NO4S2. The molecule has 7 heteroatoms. The first-order valence-corrected chi connectivity index (χ1v) is 10.3. The van der Waals surface area contributed by atoms with Crippen LogP contribution in [-0.2, 0) is 4.79 Å². The van der Waals surface area contributed by atoms with E-state index >= 15 is 0 Å². The Balaban J connectivity index is 1.58. The molecular weight excluding hydrogens is 418 g/mol. The monoisotopic (exact) mass is 435 g/mol. The van der Waals surface area contributed by atoms with Crippen LogP contribution in [0.4, 0.5) is 5.69 Å². The molecule has 4 rings (SSSR count). The molecule has 0 bridgehead atoms. The lowest BCUT2D eigenvalue weighted by molar-refractivity contribution is -0.113. The highest BCUT2D eigenvalue weighted by molar-refractivity contribution is 8.27. The summed E-state index contributed by atoms with van der Waals surface area (Å²) in [5, 5.41) is 9.03. The van der Waals surface area contributed by atoms with Gasteiger partial charge in [-0.05, 0) is 67.4 Å². The Bertz CT molecular complexity index is 1210.